The molecule has 0 aliphatic rings. The maximum absolute atomic E-state index is 6.14. The van der Waals surface area contributed by atoms with Crippen molar-refractivity contribution >= 4 is 17.1 Å². The second-order valence-corrected chi connectivity index (χ2v) is 4.33. The second kappa shape index (κ2) is 4.35. The summed E-state index contributed by atoms with van der Waals surface area (Å²) in [6.45, 7) is 0. The third-order valence-corrected chi connectivity index (χ3v) is 3.14. The van der Waals surface area contributed by atoms with E-state index in [0.717, 1.165) is 16.9 Å². The van der Waals surface area contributed by atoms with Crippen LogP contribution in [0.2, 0.25) is 5.02 Å². The molecule has 0 N–H and O–H groups in total. The van der Waals surface area contributed by atoms with Crippen molar-refractivity contribution in [3.05, 3.63) is 53.8 Å². The van der Waals surface area contributed by atoms with Crippen molar-refractivity contribution in [3.63, 3.8) is 0 Å². The quantitative estimate of drug-likeness (QED) is 0.701. The van der Waals surface area contributed by atoms with Crippen LogP contribution in [0.25, 0.3) is 16.9 Å². The first-order valence-corrected chi connectivity index (χ1v) is 5.93. The number of hydrogen-bond acceptors (Lipinski definition) is 2. The maximum Gasteiger partial charge on any atom is 0.144 e. The Morgan fingerprint density at radius 1 is 1.22 bits per heavy atom. The van der Waals surface area contributed by atoms with Crippen LogP contribution in [0.15, 0.2) is 48.8 Å². The molecule has 3 aromatic rings. The van der Waals surface area contributed by atoms with Crippen LogP contribution in [-0.2, 0) is 0 Å². The molecule has 0 fully saturated rings. The highest BCUT2D eigenvalue weighted by atomic mass is 35.5. The number of rotatable bonds is 2. The molecule has 0 atom stereocenters. The van der Waals surface area contributed by atoms with Gasteiger partial charge in [-0.05, 0) is 30.3 Å². The number of pyridine rings is 1. The van der Waals surface area contributed by atoms with Crippen molar-refractivity contribution in [2.45, 2.75) is 0 Å². The van der Waals surface area contributed by atoms with Crippen molar-refractivity contribution in [2.24, 2.45) is 0 Å². The number of imidazole rings is 1. The third-order valence-electron chi connectivity index (χ3n) is 2.85. The number of benzene rings is 1. The molecule has 0 saturated heterocycles. The highest BCUT2D eigenvalue weighted by molar-refractivity contribution is 6.32. The highest BCUT2D eigenvalue weighted by Gasteiger charge is 2.08. The molecule has 0 spiro atoms. The summed E-state index contributed by atoms with van der Waals surface area (Å²) < 4.78 is 7.17. The zero-order valence-corrected chi connectivity index (χ0v) is 10.6. The molecule has 0 saturated carbocycles. The minimum Gasteiger partial charge on any atom is -0.495 e. The van der Waals surface area contributed by atoms with Gasteiger partial charge in [0.05, 0.1) is 23.8 Å². The monoisotopic (exact) mass is 258 g/mol. The normalized spacial score (nSPS) is 10.8. The van der Waals surface area contributed by atoms with Gasteiger partial charge in [0, 0.05) is 11.8 Å². The molecule has 4 heteroatoms. The summed E-state index contributed by atoms with van der Waals surface area (Å²) in [5.74, 6) is 1.54. The van der Waals surface area contributed by atoms with Gasteiger partial charge in [0.2, 0.25) is 0 Å². The smallest absolute Gasteiger partial charge is 0.144 e. The number of halogens is 1. The SMILES string of the molecule is COc1ccc(-c2ncc3ccccn23)cc1Cl. The van der Waals surface area contributed by atoms with Crippen LogP contribution in [0, 0.1) is 0 Å². The molecule has 90 valence electrons. The Morgan fingerprint density at radius 3 is 2.89 bits per heavy atom. The average molecular weight is 259 g/mol. The Balaban J connectivity index is 2.17. The van der Waals surface area contributed by atoms with Crippen LogP contribution in [0.3, 0.4) is 0 Å². The molecule has 0 aliphatic heterocycles. The third kappa shape index (κ3) is 1.73. The molecule has 0 radical (unpaired) electrons. The van der Waals surface area contributed by atoms with Crippen LogP contribution in [0.1, 0.15) is 0 Å². The van der Waals surface area contributed by atoms with Gasteiger partial charge < -0.3 is 4.74 Å². The van der Waals surface area contributed by atoms with E-state index >= 15 is 0 Å². The first kappa shape index (κ1) is 11.1. The number of hydrogen-bond donors (Lipinski definition) is 0. The fourth-order valence-electron chi connectivity index (χ4n) is 1.96. The van der Waals surface area contributed by atoms with Crippen LogP contribution in [0.5, 0.6) is 5.75 Å². The fraction of sp³-hybridized carbons (Fsp3) is 0.0714. The Morgan fingerprint density at radius 2 is 2.11 bits per heavy atom. The van der Waals surface area contributed by atoms with Crippen LogP contribution < -0.4 is 4.74 Å². The van der Waals surface area contributed by atoms with E-state index in [2.05, 4.69) is 4.98 Å². The number of fused-ring (bicyclic) bond motifs is 1. The summed E-state index contributed by atoms with van der Waals surface area (Å²) in [5, 5.41) is 0.586. The summed E-state index contributed by atoms with van der Waals surface area (Å²) >= 11 is 6.14. The molecule has 0 aliphatic carbocycles. The van der Waals surface area contributed by atoms with Gasteiger partial charge in [-0.25, -0.2) is 4.98 Å². The van der Waals surface area contributed by atoms with Crippen molar-refractivity contribution in [3.8, 4) is 17.1 Å². The summed E-state index contributed by atoms with van der Waals surface area (Å²) in [5.41, 5.74) is 2.02. The molecule has 3 nitrogen and oxygen atoms in total. The van der Waals surface area contributed by atoms with Crippen LogP contribution >= 0.6 is 11.6 Å². The Labute approximate surface area is 110 Å². The lowest BCUT2D eigenvalue weighted by molar-refractivity contribution is 0.415. The topological polar surface area (TPSA) is 26.5 Å². The Bertz CT molecular complexity index is 706. The van der Waals surface area contributed by atoms with Gasteiger partial charge in [-0.2, -0.15) is 0 Å². The van der Waals surface area contributed by atoms with E-state index in [0.29, 0.717) is 10.8 Å². The van der Waals surface area contributed by atoms with Gasteiger partial charge in [0.15, 0.2) is 0 Å². The summed E-state index contributed by atoms with van der Waals surface area (Å²) in [6, 6.07) is 11.6. The van der Waals surface area contributed by atoms with E-state index in [4.69, 9.17) is 16.3 Å². The first-order chi connectivity index (χ1) is 8.79. The van der Waals surface area contributed by atoms with E-state index in [9.17, 15) is 0 Å². The van der Waals surface area contributed by atoms with Gasteiger partial charge in [0.25, 0.3) is 0 Å². The van der Waals surface area contributed by atoms with E-state index in [1.54, 1.807) is 7.11 Å². The molecule has 0 unspecified atom stereocenters. The minimum absolute atomic E-state index is 0.586. The Kier molecular flexibility index (Phi) is 2.68. The number of methoxy groups -OCH3 is 1. The van der Waals surface area contributed by atoms with E-state index in [1.807, 2.05) is 53.2 Å². The first-order valence-electron chi connectivity index (χ1n) is 5.55. The predicted molar refractivity (Wildman–Crippen MR) is 72.2 cm³/mol. The minimum atomic E-state index is 0.586. The van der Waals surface area contributed by atoms with Crippen molar-refractivity contribution in [1.82, 2.24) is 9.38 Å². The molecule has 3 rings (SSSR count). The van der Waals surface area contributed by atoms with Gasteiger partial charge in [-0.15, -0.1) is 0 Å². The number of aromatic nitrogens is 2. The van der Waals surface area contributed by atoms with Gasteiger partial charge >= 0.3 is 0 Å². The molecule has 1 aromatic carbocycles. The van der Waals surface area contributed by atoms with Crippen molar-refractivity contribution < 1.29 is 4.74 Å². The highest BCUT2D eigenvalue weighted by Crippen LogP contribution is 2.29. The molecular weight excluding hydrogens is 248 g/mol. The second-order valence-electron chi connectivity index (χ2n) is 3.93. The fourth-order valence-corrected chi connectivity index (χ4v) is 2.22. The molecule has 18 heavy (non-hydrogen) atoms. The lowest BCUT2D eigenvalue weighted by Gasteiger charge is -2.05. The molecular formula is C14H11ClN2O. The van der Waals surface area contributed by atoms with Crippen molar-refractivity contribution in [1.29, 1.82) is 0 Å². The average Bonchev–Trinajstić information content (AvgIpc) is 2.82. The molecule has 2 heterocycles. The lowest BCUT2D eigenvalue weighted by Crippen LogP contribution is -1.90. The van der Waals surface area contributed by atoms with E-state index in [1.165, 1.54) is 0 Å². The zero-order chi connectivity index (χ0) is 12.5. The number of nitrogens with zero attached hydrogens (tertiary/aromatic N) is 2. The maximum atomic E-state index is 6.14. The lowest BCUT2D eigenvalue weighted by atomic mass is 10.2. The van der Waals surface area contributed by atoms with Gasteiger partial charge in [-0.3, -0.25) is 4.40 Å². The Hall–Kier alpha value is -2.00. The zero-order valence-electron chi connectivity index (χ0n) is 9.80. The standard InChI is InChI=1S/C14H11ClN2O/c1-18-13-6-5-10(8-12(13)15)14-16-9-11-4-2-3-7-17(11)14/h2-9H,1H3. The largest absolute Gasteiger partial charge is 0.495 e. The molecule has 0 bridgehead atoms. The van der Waals surface area contributed by atoms with E-state index < -0.39 is 0 Å². The van der Waals surface area contributed by atoms with Crippen LogP contribution in [-0.4, -0.2) is 16.5 Å². The van der Waals surface area contributed by atoms with Gasteiger partial charge in [-0.1, -0.05) is 17.7 Å². The summed E-state index contributed by atoms with van der Waals surface area (Å²) in [6.07, 6.45) is 3.82. The number of ether oxygens (including phenoxy) is 1. The molecule has 2 aromatic heterocycles. The van der Waals surface area contributed by atoms with E-state index in [-0.39, 0.29) is 0 Å². The summed E-state index contributed by atoms with van der Waals surface area (Å²) in [7, 11) is 1.60. The van der Waals surface area contributed by atoms with Crippen molar-refractivity contribution in [2.75, 3.05) is 7.11 Å². The molecule has 0 amide bonds. The van der Waals surface area contributed by atoms with Gasteiger partial charge in [0.1, 0.15) is 11.6 Å². The predicted octanol–water partition coefficient (Wildman–Crippen LogP) is 3.66. The van der Waals surface area contributed by atoms with Crippen LogP contribution in [0.4, 0.5) is 0 Å². The summed E-state index contributed by atoms with van der Waals surface area (Å²) in [4.78, 5) is 4.43.